The van der Waals surface area contributed by atoms with Gasteiger partial charge in [-0.15, -0.1) is 0 Å². The molecule has 0 saturated carbocycles. The molecular formula is C19H11BrClF4N3O. The lowest BCUT2D eigenvalue weighted by molar-refractivity contribution is -0.137. The van der Waals surface area contributed by atoms with Gasteiger partial charge in [-0.3, -0.25) is 9.78 Å². The molecule has 2 aromatic heterocycles. The summed E-state index contributed by atoms with van der Waals surface area (Å²) in [4.78, 5) is 20.5. The Morgan fingerprint density at radius 2 is 1.83 bits per heavy atom. The van der Waals surface area contributed by atoms with Crippen molar-refractivity contribution in [2.75, 3.05) is 0 Å². The fourth-order valence-corrected chi connectivity index (χ4v) is 3.00. The van der Waals surface area contributed by atoms with Crippen LogP contribution in [0.25, 0.3) is 0 Å². The Kier molecular flexibility index (Phi) is 6.18. The number of hydrogen-bond acceptors (Lipinski definition) is 3. The van der Waals surface area contributed by atoms with Crippen LogP contribution in [-0.4, -0.2) is 15.9 Å². The zero-order valence-corrected chi connectivity index (χ0v) is 16.7. The number of nitrogens with one attached hydrogen (secondary N) is 1. The number of amides is 1. The summed E-state index contributed by atoms with van der Waals surface area (Å²) < 4.78 is 53.2. The van der Waals surface area contributed by atoms with E-state index in [4.69, 9.17) is 11.6 Å². The molecule has 0 aliphatic rings. The summed E-state index contributed by atoms with van der Waals surface area (Å²) in [5, 5.41) is 2.73. The van der Waals surface area contributed by atoms with Crippen molar-refractivity contribution in [1.82, 2.24) is 15.3 Å². The van der Waals surface area contributed by atoms with E-state index in [2.05, 4.69) is 31.2 Å². The number of carbonyl (C=O) groups is 1. The van der Waals surface area contributed by atoms with Gasteiger partial charge in [0.05, 0.1) is 21.6 Å². The number of rotatable bonds is 4. The van der Waals surface area contributed by atoms with Crippen LogP contribution >= 0.6 is 27.5 Å². The molecule has 0 spiro atoms. The van der Waals surface area contributed by atoms with E-state index in [1.807, 2.05) is 0 Å². The summed E-state index contributed by atoms with van der Waals surface area (Å²) in [5.74, 6) is -1.35. The highest BCUT2D eigenvalue weighted by molar-refractivity contribution is 9.10. The van der Waals surface area contributed by atoms with Crippen LogP contribution in [0.15, 0.2) is 59.3 Å². The summed E-state index contributed by atoms with van der Waals surface area (Å²) in [6.45, 7) is 0. The topological polar surface area (TPSA) is 54.9 Å². The minimum absolute atomic E-state index is 0.120. The van der Waals surface area contributed by atoms with E-state index in [0.29, 0.717) is 4.47 Å². The SMILES string of the molecule is O=C(NC(c1ccc(C(F)(F)F)cc1)c1ncccc1F)c1cnc(Cl)c(Br)c1. The van der Waals surface area contributed by atoms with E-state index in [0.717, 1.165) is 30.3 Å². The lowest BCUT2D eigenvalue weighted by Crippen LogP contribution is -2.30. The second kappa shape index (κ2) is 8.46. The molecule has 29 heavy (non-hydrogen) atoms. The molecule has 1 aromatic carbocycles. The maximum absolute atomic E-state index is 14.3. The highest BCUT2D eigenvalue weighted by atomic mass is 79.9. The van der Waals surface area contributed by atoms with Gasteiger partial charge in [0.1, 0.15) is 16.7 Å². The smallest absolute Gasteiger partial charge is 0.339 e. The van der Waals surface area contributed by atoms with Gasteiger partial charge in [-0.05, 0) is 51.8 Å². The van der Waals surface area contributed by atoms with Crippen LogP contribution < -0.4 is 5.32 Å². The van der Waals surface area contributed by atoms with Gasteiger partial charge < -0.3 is 5.32 Å². The maximum Gasteiger partial charge on any atom is 0.416 e. The number of nitrogens with zero attached hydrogens (tertiary/aromatic N) is 2. The molecule has 0 radical (unpaired) electrons. The Bertz CT molecular complexity index is 1040. The standard InChI is InChI=1S/C19H11BrClF4N3O/c20-13-8-11(9-27-17(13)21)18(29)28-15(16-14(22)2-1-7-26-16)10-3-5-12(6-4-10)19(23,24)25/h1-9,15H,(H,28,29). The van der Waals surface area contributed by atoms with Crippen LogP contribution in [0.5, 0.6) is 0 Å². The molecule has 3 rings (SSSR count). The van der Waals surface area contributed by atoms with Gasteiger partial charge in [-0.2, -0.15) is 13.2 Å². The highest BCUT2D eigenvalue weighted by Crippen LogP contribution is 2.31. The molecule has 1 amide bonds. The fraction of sp³-hybridized carbons (Fsp3) is 0.105. The monoisotopic (exact) mass is 487 g/mol. The molecule has 1 unspecified atom stereocenters. The van der Waals surface area contributed by atoms with Crippen LogP contribution in [0.2, 0.25) is 5.15 Å². The number of aromatic nitrogens is 2. The molecule has 0 aliphatic heterocycles. The normalized spacial score (nSPS) is 12.5. The second-order valence-corrected chi connectivity index (χ2v) is 7.11. The third-order valence-electron chi connectivity index (χ3n) is 3.97. The van der Waals surface area contributed by atoms with Crippen molar-refractivity contribution in [2.24, 2.45) is 0 Å². The highest BCUT2D eigenvalue weighted by Gasteiger charge is 2.31. The molecule has 3 aromatic rings. The van der Waals surface area contributed by atoms with Crippen molar-refractivity contribution in [3.8, 4) is 0 Å². The number of carbonyl (C=O) groups excluding carboxylic acids is 1. The summed E-state index contributed by atoms with van der Waals surface area (Å²) in [6.07, 6.45) is -1.97. The van der Waals surface area contributed by atoms with Gasteiger partial charge in [-0.25, -0.2) is 9.37 Å². The molecule has 0 fully saturated rings. The van der Waals surface area contributed by atoms with Crippen LogP contribution in [0.1, 0.15) is 33.2 Å². The number of benzene rings is 1. The zero-order valence-electron chi connectivity index (χ0n) is 14.3. The molecule has 10 heteroatoms. The van der Waals surface area contributed by atoms with Crippen molar-refractivity contribution in [1.29, 1.82) is 0 Å². The quantitative estimate of drug-likeness (QED) is 0.386. The van der Waals surface area contributed by atoms with Gasteiger partial charge in [0.25, 0.3) is 5.91 Å². The Hall–Kier alpha value is -2.52. The van der Waals surface area contributed by atoms with Gasteiger partial charge in [0, 0.05) is 12.4 Å². The third kappa shape index (κ3) is 4.91. The van der Waals surface area contributed by atoms with Crippen LogP contribution in [0.4, 0.5) is 17.6 Å². The Morgan fingerprint density at radius 3 is 2.41 bits per heavy atom. The molecule has 0 saturated heterocycles. The van der Waals surface area contributed by atoms with Crippen LogP contribution in [-0.2, 0) is 6.18 Å². The minimum atomic E-state index is -4.52. The van der Waals surface area contributed by atoms with Crippen molar-refractivity contribution in [3.05, 3.63) is 92.7 Å². The van der Waals surface area contributed by atoms with E-state index in [-0.39, 0.29) is 22.0 Å². The van der Waals surface area contributed by atoms with E-state index in [9.17, 15) is 22.4 Å². The van der Waals surface area contributed by atoms with E-state index in [1.54, 1.807) is 0 Å². The van der Waals surface area contributed by atoms with Gasteiger partial charge >= 0.3 is 6.18 Å². The molecular weight excluding hydrogens is 478 g/mol. The predicted molar refractivity (Wildman–Crippen MR) is 102 cm³/mol. The minimum Gasteiger partial charge on any atom is -0.339 e. The number of pyridine rings is 2. The zero-order chi connectivity index (χ0) is 21.2. The van der Waals surface area contributed by atoms with Crippen molar-refractivity contribution >= 4 is 33.4 Å². The molecule has 0 bridgehead atoms. The number of alkyl halides is 3. The molecule has 1 N–H and O–H groups in total. The first kappa shape index (κ1) is 21.2. The van der Waals surface area contributed by atoms with Crippen molar-refractivity contribution in [3.63, 3.8) is 0 Å². The Balaban J connectivity index is 1.99. The number of hydrogen-bond donors (Lipinski definition) is 1. The average molecular weight is 489 g/mol. The summed E-state index contributed by atoms with van der Waals surface area (Å²) >= 11 is 8.97. The first-order valence-corrected chi connectivity index (χ1v) is 9.23. The van der Waals surface area contributed by atoms with Crippen LogP contribution in [0, 0.1) is 5.82 Å². The van der Waals surface area contributed by atoms with E-state index in [1.165, 1.54) is 24.5 Å². The summed E-state index contributed by atoms with van der Waals surface area (Å²) in [5.41, 5.74) is -0.653. The van der Waals surface area contributed by atoms with Crippen molar-refractivity contribution < 1.29 is 22.4 Å². The lowest BCUT2D eigenvalue weighted by Gasteiger charge is -2.20. The van der Waals surface area contributed by atoms with Crippen LogP contribution in [0.3, 0.4) is 0 Å². The molecule has 1 atom stereocenters. The lowest BCUT2D eigenvalue weighted by atomic mass is 10.0. The van der Waals surface area contributed by atoms with Gasteiger partial charge in [0.15, 0.2) is 0 Å². The van der Waals surface area contributed by atoms with E-state index >= 15 is 0 Å². The fourth-order valence-electron chi connectivity index (χ4n) is 2.54. The molecule has 2 heterocycles. The summed E-state index contributed by atoms with van der Waals surface area (Å²) in [6, 6.07) is 6.85. The van der Waals surface area contributed by atoms with Gasteiger partial charge in [0.2, 0.25) is 0 Å². The Labute approximate surface area is 176 Å². The number of halogens is 6. The van der Waals surface area contributed by atoms with Crippen molar-refractivity contribution in [2.45, 2.75) is 12.2 Å². The van der Waals surface area contributed by atoms with E-state index < -0.39 is 29.5 Å². The molecule has 4 nitrogen and oxygen atoms in total. The van der Waals surface area contributed by atoms with Gasteiger partial charge in [-0.1, -0.05) is 23.7 Å². The largest absolute Gasteiger partial charge is 0.416 e. The Morgan fingerprint density at radius 1 is 1.14 bits per heavy atom. The summed E-state index contributed by atoms with van der Waals surface area (Å²) in [7, 11) is 0. The predicted octanol–water partition coefficient (Wildman–Crippen LogP) is 5.57. The first-order chi connectivity index (χ1) is 13.7. The molecule has 0 aliphatic carbocycles. The average Bonchev–Trinajstić information content (AvgIpc) is 2.68. The third-order valence-corrected chi connectivity index (χ3v) is 5.10. The second-order valence-electron chi connectivity index (χ2n) is 5.89. The maximum atomic E-state index is 14.3. The first-order valence-electron chi connectivity index (χ1n) is 8.06. The molecule has 150 valence electrons.